The summed E-state index contributed by atoms with van der Waals surface area (Å²) < 4.78 is 0. The number of hydrogen-bond acceptors (Lipinski definition) is 3. The van der Waals surface area contributed by atoms with Crippen LogP contribution in [0.25, 0.3) is 0 Å². The second kappa shape index (κ2) is 5.51. The molecule has 6 unspecified atom stereocenters. The quantitative estimate of drug-likeness (QED) is 0.781. The highest BCUT2D eigenvalue weighted by Crippen LogP contribution is 2.67. The van der Waals surface area contributed by atoms with E-state index in [9.17, 15) is 14.7 Å². The molecular formula is C22H28O3. The molecule has 0 amide bonds. The first kappa shape index (κ1) is 17.0. The summed E-state index contributed by atoms with van der Waals surface area (Å²) >= 11 is 0. The SMILES string of the molecule is C=C1CC2(C)C(C(=O)CO)CCC2C2CCC3=CC(=O)C=CC3(C)C12. The topological polar surface area (TPSA) is 54.4 Å². The van der Waals surface area contributed by atoms with Crippen LogP contribution in [0.15, 0.2) is 36.0 Å². The number of rotatable bonds is 2. The molecule has 4 aliphatic rings. The molecule has 3 heteroatoms. The van der Waals surface area contributed by atoms with E-state index < -0.39 is 0 Å². The molecule has 134 valence electrons. The van der Waals surface area contributed by atoms with Crippen LogP contribution in [0.1, 0.15) is 46.0 Å². The first-order chi connectivity index (χ1) is 11.8. The number of carbonyl (C=O) groups is 2. The molecule has 6 atom stereocenters. The summed E-state index contributed by atoms with van der Waals surface area (Å²) in [6.07, 6.45) is 10.5. The molecule has 0 aromatic heterocycles. The first-order valence-electron chi connectivity index (χ1n) is 9.57. The monoisotopic (exact) mass is 340 g/mol. The highest BCUT2D eigenvalue weighted by Gasteiger charge is 2.60. The molecular weight excluding hydrogens is 312 g/mol. The fraction of sp³-hybridized carbons (Fsp3) is 0.636. The van der Waals surface area contributed by atoms with Crippen molar-refractivity contribution in [1.29, 1.82) is 0 Å². The second-order valence-corrected chi connectivity index (χ2v) is 9.07. The lowest BCUT2D eigenvalue weighted by atomic mass is 9.46. The van der Waals surface area contributed by atoms with E-state index in [0.29, 0.717) is 17.8 Å². The van der Waals surface area contributed by atoms with Crippen molar-refractivity contribution in [2.75, 3.05) is 6.61 Å². The minimum absolute atomic E-state index is 0.00187. The lowest BCUT2D eigenvalue weighted by Crippen LogP contribution is -2.51. The smallest absolute Gasteiger partial charge is 0.178 e. The third kappa shape index (κ3) is 2.21. The van der Waals surface area contributed by atoms with E-state index >= 15 is 0 Å². The van der Waals surface area contributed by atoms with Gasteiger partial charge in [0.15, 0.2) is 11.6 Å². The van der Waals surface area contributed by atoms with Gasteiger partial charge in [-0.3, -0.25) is 9.59 Å². The van der Waals surface area contributed by atoms with Gasteiger partial charge in [0.05, 0.1) is 0 Å². The molecule has 0 spiro atoms. The molecule has 4 aliphatic carbocycles. The predicted molar refractivity (Wildman–Crippen MR) is 96.7 cm³/mol. The Bertz CT molecular complexity index is 715. The Labute approximate surface area is 149 Å². The Morgan fingerprint density at radius 1 is 1.32 bits per heavy atom. The van der Waals surface area contributed by atoms with Gasteiger partial charge < -0.3 is 5.11 Å². The maximum absolute atomic E-state index is 12.3. The van der Waals surface area contributed by atoms with Crippen molar-refractivity contribution >= 4 is 11.6 Å². The summed E-state index contributed by atoms with van der Waals surface area (Å²) in [6.45, 7) is 8.62. The van der Waals surface area contributed by atoms with Gasteiger partial charge in [-0.25, -0.2) is 0 Å². The molecule has 0 aliphatic heterocycles. The number of ketones is 2. The van der Waals surface area contributed by atoms with Crippen LogP contribution in [0, 0.1) is 34.5 Å². The average molecular weight is 340 g/mol. The van der Waals surface area contributed by atoms with Crippen LogP contribution in [0.5, 0.6) is 0 Å². The van der Waals surface area contributed by atoms with Gasteiger partial charge in [-0.1, -0.05) is 37.6 Å². The van der Waals surface area contributed by atoms with E-state index in [1.807, 2.05) is 6.08 Å². The number of hydrogen-bond donors (Lipinski definition) is 1. The maximum atomic E-state index is 12.3. The van der Waals surface area contributed by atoms with Crippen molar-refractivity contribution in [2.45, 2.75) is 46.0 Å². The van der Waals surface area contributed by atoms with Gasteiger partial charge in [0, 0.05) is 11.3 Å². The van der Waals surface area contributed by atoms with Gasteiger partial charge in [0.1, 0.15) is 6.61 Å². The number of carbonyl (C=O) groups excluding carboxylic acids is 2. The summed E-state index contributed by atoms with van der Waals surface area (Å²) in [5.74, 6) is 1.45. The van der Waals surface area contributed by atoms with E-state index in [0.717, 1.165) is 32.1 Å². The van der Waals surface area contributed by atoms with Crippen molar-refractivity contribution in [2.24, 2.45) is 34.5 Å². The molecule has 3 nitrogen and oxygen atoms in total. The highest BCUT2D eigenvalue weighted by molar-refractivity contribution is 6.01. The minimum Gasteiger partial charge on any atom is -0.389 e. The molecule has 0 heterocycles. The Hall–Kier alpha value is -1.48. The zero-order valence-corrected chi connectivity index (χ0v) is 15.3. The molecule has 1 N–H and O–H groups in total. The summed E-state index contributed by atoms with van der Waals surface area (Å²) in [5.41, 5.74) is 2.32. The lowest BCUT2D eigenvalue weighted by Gasteiger charge is -2.57. The van der Waals surface area contributed by atoms with Gasteiger partial charge >= 0.3 is 0 Å². The minimum atomic E-state index is -0.344. The summed E-state index contributed by atoms with van der Waals surface area (Å²) in [4.78, 5) is 24.2. The molecule has 0 radical (unpaired) electrons. The van der Waals surface area contributed by atoms with Crippen LogP contribution in [-0.2, 0) is 9.59 Å². The lowest BCUT2D eigenvalue weighted by molar-refractivity contribution is -0.130. The Balaban J connectivity index is 1.73. The van der Waals surface area contributed by atoms with E-state index in [4.69, 9.17) is 0 Å². The zero-order valence-electron chi connectivity index (χ0n) is 15.3. The van der Waals surface area contributed by atoms with Gasteiger partial charge in [-0.2, -0.15) is 0 Å². The van der Waals surface area contributed by atoms with Crippen LogP contribution in [0.2, 0.25) is 0 Å². The van der Waals surface area contributed by atoms with Gasteiger partial charge in [-0.15, -0.1) is 0 Å². The van der Waals surface area contributed by atoms with Crippen LogP contribution in [-0.4, -0.2) is 23.3 Å². The van der Waals surface area contributed by atoms with E-state index in [-0.39, 0.29) is 34.9 Å². The predicted octanol–water partition coefficient (Wildman–Crippen LogP) is 3.64. The highest BCUT2D eigenvalue weighted by atomic mass is 16.3. The third-order valence-corrected chi connectivity index (χ3v) is 7.94. The molecule has 3 fully saturated rings. The standard InChI is InChI=1S/C22H28O3/c1-13-11-22(3)17(6-7-18(22)19(25)12-23)16-5-4-14-10-15(24)8-9-21(14,2)20(13)16/h8-10,16-18,20,23H,1,4-7,11-12H2,2-3H3. The molecule has 0 aromatic rings. The Kier molecular flexibility index (Phi) is 3.74. The van der Waals surface area contributed by atoms with Gasteiger partial charge in [-0.05, 0) is 67.4 Å². The van der Waals surface area contributed by atoms with Gasteiger partial charge in [0.2, 0.25) is 0 Å². The summed E-state index contributed by atoms with van der Waals surface area (Å²) in [7, 11) is 0. The van der Waals surface area contributed by atoms with Crippen molar-refractivity contribution in [3.8, 4) is 0 Å². The summed E-state index contributed by atoms with van der Waals surface area (Å²) in [5, 5.41) is 9.40. The largest absolute Gasteiger partial charge is 0.389 e. The summed E-state index contributed by atoms with van der Waals surface area (Å²) in [6, 6.07) is 0. The Morgan fingerprint density at radius 2 is 2.08 bits per heavy atom. The molecule has 25 heavy (non-hydrogen) atoms. The zero-order chi connectivity index (χ0) is 18.0. The van der Waals surface area contributed by atoms with Crippen LogP contribution >= 0.6 is 0 Å². The molecule has 0 bridgehead atoms. The van der Waals surface area contributed by atoms with Crippen molar-refractivity contribution in [3.63, 3.8) is 0 Å². The van der Waals surface area contributed by atoms with E-state index in [1.165, 1.54) is 11.1 Å². The number of fused-ring (bicyclic) bond motifs is 5. The fourth-order valence-electron chi connectivity index (χ4n) is 6.94. The Morgan fingerprint density at radius 3 is 2.80 bits per heavy atom. The first-order valence-corrected chi connectivity index (χ1v) is 9.57. The number of aliphatic hydroxyl groups excluding tert-OH is 1. The van der Waals surface area contributed by atoms with E-state index in [1.54, 1.807) is 6.08 Å². The maximum Gasteiger partial charge on any atom is 0.178 e. The third-order valence-electron chi connectivity index (χ3n) is 7.94. The van der Waals surface area contributed by atoms with Crippen molar-refractivity contribution in [3.05, 3.63) is 36.0 Å². The average Bonchev–Trinajstić information content (AvgIpc) is 2.91. The number of aliphatic hydroxyl groups is 1. The van der Waals surface area contributed by atoms with Crippen molar-refractivity contribution < 1.29 is 14.7 Å². The van der Waals surface area contributed by atoms with Crippen LogP contribution in [0.4, 0.5) is 0 Å². The van der Waals surface area contributed by atoms with E-state index in [2.05, 4.69) is 26.5 Å². The fourth-order valence-corrected chi connectivity index (χ4v) is 6.94. The molecule has 0 aromatic carbocycles. The molecule has 4 rings (SSSR count). The number of allylic oxidation sites excluding steroid dienone is 5. The number of Topliss-reactive ketones (excluding diaryl/α,β-unsaturated/α-hetero) is 1. The second-order valence-electron chi connectivity index (χ2n) is 9.07. The molecule has 0 saturated heterocycles. The normalized spacial score (nSPS) is 45.5. The molecule has 3 saturated carbocycles. The van der Waals surface area contributed by atoms with Gasteiger partial charge in [0.25, 0.3) is 0 Å². The van der Waals surface area contributed by atoms with Crippen LogP contribution < -0.4 is 0 Å². The van der Waals surface area contributed by atoms with Crippen LogP contribution in [0.3, 0.4) is 0 Å². The van der Waals surface area contributed by atoms with Crippen molar-refractivity contribution in [1.82, 2.24) is 0 Å².